The summed E-state index contributed by atoms with van der Waals surface area (Å²) in [5.41, 5.74) is 0. The molecule has 0 radical (unpaired) electrons. The van der Waals surface area contributed by atoms with Crippen molar-refractivity contribution in [2.75, 3.05) is 19.8 Å². The summed E-state index contributed by atoms with van der Waals surface area (Å²) in [6.07, 6.45) is 0. The largest absolute Gasteiger partial charge is 0.510 e. The van der Waals surface area contributed by atoms with Gasteiger partial charge in [-0.1, -0.05) is 6.58 Å². The van der Waals surface area contributed by atoms with Crippen LogP contribution in [0.3, 0.4) is 0 Å². The molecule has 0 aliphatic heterocycles. The molecule has 0 aliphatic carbocycles. The molecule has 0 saturated carbocycles. The summed E-state index contributed by atoms with van der Waals surface area (Å²) in [7, 11) is -3.49. The van der Waals surface area contributed by atoms with Gasteiger partial charge < -0.3 is 5.11 Å². The minimum absolute atomic E-state index is 0.217. The van der Waals surface area contributed by atoms with Crippen LogP contribution in [0.4, 0.5) is 0 Å². The highest BCUT2D eigenvalue weighted by Gasteiger charge is 2.25. The molecule has 0 rings (SSSR count). The van der Waals surface area contributed by atoms with E-state index in [0.29, 0.717) is 0 Å². The van der Waals surface area contributed by atoms with E-state index in [-0.39, 0.29) is 25.6 Å². The summed E-state index contributed by atoms with van der Waals surface area (Å²) in [5, 5.41) is 8.70. The van der Waals surface area contributed by atoms with Crippen LogP contribution in [0.5, 0.6) is 0 Å². The lowest BCUT2D eigenvalue weighted by molar-refractivity contribution is 0.119. The Bertz CT molecular complexity index is 193. The Morgan fingerprint density at radius 1 is 1.31 bits per heavy atom. The van der Waals surface area contributed by atoms with Gasteiger partial charge in [-0.15, -0.1) is 0 Å². The van der Waals surface area contributed by atoms with Crippen LogP contribution in [0.15, 0.2) is 12.3 Å². The third-order valence-corrected chi connectivity index (χ3v) is 2.56. The van der Waals surface area contributed by atoms with Crippen LogP contribution >= 0.6 is 7.82 Å². The molecule has 78 valence electrons. The van der Waals surface area contributed by atoms with Crippen molar-refractivity contribution in [3.63, 3.8) is 0 Å². The van der Waals surface area contributed by atoms with E-state index >= 15 is 0 Å². The molecule has 0 aliphatic rings. The third kappa shape index (κ3) is 5.82. The zero-order valence-corrected chi connectivity index (χ0v) is 8.75. The highest BCUT2D eigenvalue weighted by Crippen LogP contribution is 2.49. The number of hydrogen-bond donors (Lipinski definition) is 1. The Kier molecular flexibility index (Phi) is 5.99. The summed E-state index contributed by atoms with van der Waals surface area (Å²) in [6.45, 7) is 6.70. The second kappa shape index (κ2) is 6.16. The van der Waals surface area contributed by atoms with E-state index in [9.17, 15) is 4.57 Å². The molecule has 0 aromatic carbocycles. The van der Waals surface area contributed by atoms with E-state index in [2.05, 4.69) is 6.58 Å². The molecular formula is C7H15O5P. The fraction of sp³-hybridized carbons (Fsp3) is 0.714. The van der Waals surface area contributed by atoms with Gasteiger partial charge in [0.15, 0.2) is 0 Å². The van der Waals surface area contributed by atoms with Crippen molar-refractivity contribution in [2.45, 2.75) is 13.8 Å². The van der Waals surface area contributed by atoms with Crippen LogP contribution in [0.2, 0.25) is 0 Å². The number of phosphoric ester groups is 1. The molecule has 0 heterocycles. The second-order valence-corrected chi connectivity index (χ2v) is 3.79. The zero-order chi connectivity index (χ0) is 10.3. The summed E-state index contributed by atoms with van der Waals surface area (Å²) in [4.78, 5) is 0. The van der Waals surface area contributed by atoms with Crippen molar-refractivity contribution < 1.29 is 23.2 Å². The molecule has 0 aromatic rings. The molecule has 0 bridgehead atoms. The van der Waals surface area contributed by atoms with Gasteiger partial charge in [0.2, 0.25) is 0 Å². The fourth-order valence-electron chi connectivity index (χ4n) is 0.582. The fourth-order valence-corrected chi connectivity index (χ4v) is 1.74. The molecule has 0 amide bonds. The monoisotopic (exact) mass is 210 g/mol. The SMILES string of the molecule is C=C(O)COP(=O)(OCC)OCC. The molecule has 5 nitrogen and oxygen atoms in total. The van der Waals surface area contributed by atoms with Gasteiger partial charge in [-0.3, -0.25) is 13.6 Å². The Labute approximate surface area is 77.9 Å². The smallest absolute Gasteiger partial charge is 0.475 e. The van der Waals surface area contributed by atoms with Crippen LogP contribution in [0.25, 0.3) is 0 Å². The standard InChI is InChI=1S/C7H15O5P/c1-4-10-13(9,11-5-2)12-6-7(3)8/h8H,3-6H2,1-2H3. The molecule has 6 heteroatoms. The van der Waals surface area contributed by atoms with Crippen molar-refractivity contribution in [2.24, 2.45) is 0 Å². The minimum atomic E-state index is -3.49. The molecular weight excluding hydrogens is 195 g/mol. The number of phosphoric acid groups is 1. The van der Waals surface area contributed by atoms with Crippen molar-refractivity contribution in [3.05, 3.63) is 12.3 Å². The molecule has 0 atom stereocenters. The van der Waals surface area contributed by atoms with E-state index in [1.807, 2.05) is 0 Å². The first-order valence-electron chi connectivity index (χ1n) is 3.94. The van der Waals surface area contributed by atoms with Crippen molar-refractivity contribution in [1.29, 1.82) is 0 Å². The van der Waals surface area contributed by atoms with Crippen LogP contribution in [-0.2, 0) is 18.1 Å². The zero-order valence-electron chi connectivity index (χ0n) is 7.86. The maximum atomic E-state index is 11.5. The topological polar surface area (TPSA) is 65.0 Å². The van der Waals surface area contributed by atoms with Gasteiger partial charge in [0.05, 0.1) is 13.2 Å². The Morgan fingerprint density at radius 3 is 2.08 bits per heavy atom. The number of aliphatic hydroxyl groups excluding tert-OH is 1. The normalized spacial score (nSPS) is 11.5. The maximum absolute atomic E-state index is 11.5. The Morgan fingerprint density at radius 2 is 1.77 bits per heavy atom. The molecule has 0 aromatic heterocycles. The molecule has 0 spiro atoms. The van der Waals surface area contributed by atoms with Gasteiger partial charge in [0.1, 0.15) is 12.4 Å². The summed E-state index contributed by atoms with van der Waals surface area (Å²) in [6, 6.07) is 0. The van der Waals surface area contributed by atoms with Crippen LogP contribution in [-0.4, -0.2) is 24.9 Å². The average Bonchev–Trinajstić information content (AvgIpc) is 2.02. The van der Waals surface area contributed by atoms with E-state index in [1.54, 1.807) is 13.8 Å². The summed E-state index contributed by atoms with van der Waals surface area (Å²) < 4.78 is 25.8. The maximum Gasteiger partial charge on any atom is 0.475 e. The van der Waals surface area contributed by atoms with E-state index in [1.165, 1.54) is 0 Å². The van der Waals surface area contributed by atoms with E-state index in [4.69, 9.17) is 18.7 Å². The predicted octanol–water partition coefficient (Wildman–Crippen LogP) is 2.26. The lowest BCUT2D eigenvalue weighted by Gasteiger charge is -2.15. The van der Waals surface area contributed by atoms with Gasteiger partial charge in [0, 0.05) is 0 Å². The minimum Gasteiger partial charge on any atom is -0.510 e. The first-order chi connectivity index (χ1) is 6.04. The first kappa shape index (κ1) is 12.7. The number of hydrogen-bond acceptors (Lipinski definition) is 5. The lowest BCUT2D eigenvalue weighted by Crippen LogP contribution is -2.02. The third-order valence-electron chi connectivity index (χ3n) is 0.964. The quantitative estimate of drug-likeness (QED) is 0.515. The van der Waals surface area contributed by atoms with E-state index < -0.39 is 7.82 Å². The lowest BCUT2D eigenvalue weighted by atomic mass is 10.6. The highest BCUT2D eigenvalue weighted by atomic mass is 31.2. The molecule has 13 heavy (non-hydrogen) atoms. The summed E-state index contributed by atoms with van der Waals surface area (Å²) in [5.74, 6) is -0.223. The highest BCUT2D eigenvalue weighted by molar-refractivity contribution is 7.48. The van der Waals surface area contributed by atoms with Crippen molar-refractivity contribution in [3.8, 4) is 0 Å². The van der Waals surface area contributed by atoms with Gasteiger partial charge in [-0.25, -0.2) is 4.57 Å². The Hall–Kier alpha value is -0.350. The average molecular weight is 210 g/mol. The number of aliphatic hydroxyl groups is 1. The van der Waals surface area contributed by atoms with Crippen LogP contribution in [0.1, 0.15) is 13.8 Å². The molecule has 0 unspecified atom stereocenters. The van der Waals surface area contributed by atoms with Crippen molar-refractivity contribution in [1.82, 2.24) is 0 Å². The van der Waals surface area contributed by atoms with Gasteiger partial charge in [-0.05, 0) is 13.8 Å². The first-order valence-corrected chi connectivity index (χ1v) is 5.40. The van der Waals surface area contributed by atoms with E-state index in [0.717, 1.165) is 0 Å². The van der Waals surface area contributed by atoms with Gasteiger partial charge in [0.25, 0.3) is 0 Å². The van der Waals surface area contributed by atoms with Crippen LogP contribution in [0, 0.1) is 0 Å². The molecule has 1 N–H and O–H groups in total. The Balaban J connectivity index is 4.07. The molecule has 0 saturated heterocycles. The predicted molar refractivity (Wildman–Crippen MR) is 48.6 cm³/mol. The number of rotatable bonds is 7. The van der Waals surface area contributed by atoms with Crippen LogP contribution < -0.4 is 0 Å². The van der Waals surface area contributed by atoms with Crippen molar-refractivity contribution >= 4 is 7.82 Å². The van der Waals surface area contributed by atoms with Gasteiger partial charge >= 0.3 is 7.82 Å². The van der Waals surface area contributed by atoms with Gasteiger partial charge in [-0.2, -0.15) is 0 Å². The summed E-state index contributed by atoms with van der Waals surface area (Å²) >= 11 is 0. The molecule has 0 fully saturated rings. The second-order valence-electron chi connectivity index (χ2n) is 2.12.